The lowest BCUT2D eigenvalue weighted by Gasteiger charge is -2.26. The Bertz CT molecular complexity index is 1260. The Morgan fingerprint density at radius 3 is 2.15 bits per heavy atom. The number of carbonyl (C=O) groups excluding carboxylic acids is 1. The summed E-state index contributed by atoms with van der Waals surface area (Å²) in [5.41, 5.74) is 7.92. The zero-order valence-electron chi connectivity index (χ0n) is 18.6. The van der Waals surface area contributed by atoms with Crippen LogP contribution in [-0.4, -0.2) is 26.8 Å². The van der Waals surface area contributed by atoms with Gasteiger partial charge in [0, 0.05) is 11.6 Å². The van der Waals surface area contributed by atoms with Crippen molar-refractivity contribution < 1.29 is 28.5 Å². The average molecular weight is 458 g/mol. The Hall–Kier alpha value is -4.64. The number of ether oxygens (including phenoxy) is 5. The van der Waals surface area contributed by atoms with Gasteiger partial charge in [0.15, 0.2) is 6.61 Å². The fourth-order valence-electron chi connectivity index (χ4n) is 3.61. The first-order valence-corrected chi connectivity index (χ1v) is 10.4. The lowest BCUT2D eigenvalue weighted by molar-refractivity contribution is -0.136. The number of nitrogens with zero attached hydrogens (tertiary/aromatic N) is 1. The van der Waals surface area contributed by atoms with Gasteiger partial charge in [0.05, 0.1) is 20.1 Å². The number of fused-ring (bicyclic) bond motifs is 1. The minimum Gasteiger partial charge on any atom is -0.497 e. The van der Waals surface area contributed by atoms with Crippen molar-refractivity contribution in [1.29, 1.82) is 5.26 Å². The maximum absolute atomic E-state index is 12.3. The molecule has 3 aromatic carbocycles. The first-order valence-electron chi connectivity index (χ1n) is 10.4. The van der Waals surface area contributed by atoms with E-state index >= 15 is 0 Å². The van der Waals surface area contributed by atoms with Gasteiger partial charge in [-0.2, -0.15) is 5.26 Å². The Labute approximate surface area is 196 Å². The molecule has 2 N–H and O–H groups in total. The van der Waals surface area contributed by atoms with Gasteiger partial charge in [-0.1, -0.05) is 18.2 Å². The molecule has 0 saturated heterocycles. The molecule has 0 radical (unpaired) electrons. The monoisotopic (exact) mass is 458 g/mol. The Balaban J connectivity index is 1.51. The van der Waals surface area contributed by atoms with E-state index in [9.17, 15) is 10.1 Å². The summed E-state index contributed by atoms with van der Waals surface area (Å²) < 4.78 is 26.9. The van der Waals surface area contributed by atoms with Gasteiger partial charge in [0.2, 0.25) is 5.88 Å². The summed E-state index contributed by atoms with van der Waals surface area (Å²) >= 11 is 0. The topological polar surface area (TPSA) is 113 Å². The molecule has 0 spiro atoms. The van der Waals surface area contributed by atoms with Gasteiger partial charge in [0.1, 0.15) is 40.4 Å². The van der Waals surface area contributed by atoms with Crippen molar-refractivity contribution in [2.45, 2.75) is 5.92 Å². The summed E-state index contributed by atoms with van der Waals surface area (Å²) in [7, 11) is 3.15. The van der Waals surface area contributed by atoms with Gasteiger partial charge < -0.3 is 29.4 Å². The van der Waals surface area contributed by atoms with Gasteiger partial charge in [-0.25, -0.2) is 4.79 Å². The van der Waals surface area contributed by atoms with E-state index in [4.69, 9.17) is 29.4 Å². The SMILES string of the molecule is COc1ccc(OCC(=O)Oc2ccc3c(c2)OC(N)=C(C#N)C3c2ccc(OC)cc2)cc1. The van der Waals surface area contributed by atoms with E-state index in [1.807, 2.05) is 24.3 Å². The van der Waals surface area contributed by atoms with Crippen LogP contribution in [0.3, 0.4) is 0 Å². The minimum absolute atomic E-state index is 0.00198. The van der Waals surface area contributed by atoms with Gasteiger partial charge in [0.25, 0.3) is 0 Å². The summed E-state index contributed by atoms with van der Waals surface area (Å²) in [5.74, 6) is 1.55. The third-order valence-corrected chi connectivity index (χ3v) is 5.29. The zero-order valence-corrected chi connectivity index (χ0v) is 18.6. The first-order chi connectivity index (χ1) is 16.5. The van der Waals surface area contributed by atoms with Crippen LogP contribution in [0.25, 0.3) is 0 Å². The van der Waals surface area contributed by atoms with Crippen molar-refractivity contribution in [3.63, 3.8) is 0 Å². The van der Waals surface area contributed by atoms with Gasteiger partial charge >= 0.3 is 5.97 Å². The molecule has 172 valence electrons. The quantitative estimate of drug-likeness (QED) is 0.419. The highest BCUT2D eigenvalue weighted by molar-refractivity contribution is 5.74. The summed E-state index contributed by atoms with van der Waals surface area (Å²) in [6.07, 6.45) is 0. The number of nitriles is 1. The molecule has 0 bridgehead atoms. The van der Waals surface area contributed by atoms with Gasteiger partial charge in [-0.3, -0.25) is 0 Å². The van der Waals surface area contributed by atoms with E-state index in [0.29, 0.717) is 28.6 Å². The maximum Gasteiger partial charge on any atom is 0.349 e. The predicted molar refractivity (Wildman–Crippen MR) is 123 cm³/mol. The van der Waals surface area contributed by atoms with E-state index in [2.05, 4.69) is 6.07 Å². The standard InChI is InChI=1S/C26H22N2O6/c1-30-17-5-3-16(4-6-17)25-21-12-11-20(13-23(21)34-26(28)22(25)14-27)33-24(29)15-32-19-9-7-18(31-2)8-10-19/h3-13,25H,15,28H2,1-2H3. The first kappa shape index (κ1) is 22.6. The zero-order chi connectivity index (χ0) is 24.1. The lowest BCUT2D eigenvalue weighted by Crippen LogP contribution is -2.21. The van der Waals surface area contributed by atoms with Gasteiger partial charge in [-0.15, -0.1) is 0 Å². The summed E-state index contributed by atoms with van der Waals surface area (Å²) in [5, 5.41) is 9.69. The van der Waals surface area contributed by atoms with Gasteiger partial charge in [-0.05, 0) is 48.0 Å². The molecule has 1 unspecified atom stereocenters. The highest BCUT2D eigenvalue weighted by Gasteiger charge is 2.31. The summed E-state index contributed by atoms with van der Waals surface area (Å²) in [6, 6.07) is 21.3. The highest BCUT2D eigenvalue weighted by Crippen LogP contribution is 2.43. The number of hydrogen-bond donors (Lipinski definition) is 1. The van der Waals surface area contributed by atoms with Crippen LogP contribution >= 0.6 is 0 Å². The second-order valence-electron chi connectivity index (χ2n) is 7.34. The largest absolute Gasteiger partial charge is 0.497 e. The predicted octanol–water partition coefficient (Wildman–Crippen LogP) is 3.91. The second kappa shape index (κ2) is 9.88. The highest BCUT2D eigenvalue weighted by atomic mass is 16.6. The van der Waals surface area contributed by atoms with E-state index < -0.39 is 11.9 Å². The molecular formula is C26H22N2O6. The van der Waals surface area contributed by atoms with Crippen LogP contribution in [0.5, 0.6) is 28.7 Å². The van der Waals surface area contributed by atoms with Crippen molar-refractivity contribution >= 4 is 5.97 Å². The molecule has 0 fully saturated rings. The number of methoxy groups -OCH3 is 2. The molecule has 0 aromatic heterocycles. The van der Waals surface area contributed by atoms with Crippen molar-refractivity contribution in [2.75, 3.05) is 20.8 Å². The molecule has 1 atom stereocenters. The summed E-state index contributed by atoms with van der Waals surface area (Å²) in [4.78, 5) is 12.3. The maximum atomic E-state index is 12.3. The molecule has 1 aliphatic heterocycles. The number of rotatable bonds is 7. The number of nitrogens with two attached hydrogens (primary N) is 1. The molecule has 3 aromatic rings. The van der Waals surface area contributed by atoms with Crippen LogP contribution in [0, 0.1) is 11.3 Å². The molecule has 4 rings (SSSR count). The minimum atomic E-state index is -0.584. The molecule has 0 aliphatic carbocycles. The van der Waals surface area contributed by atoms with E-state index in [1.54, 1.807) is 56.7 Å². The molecule has 0 amide bonds. The lowest BCUT2D eigenvalue weighted by atomic mass is 9.83. The van der Waals surface area contributed by atoms with Crippen LogP contribution in [0.15, 0.2) is 78.2 Å². The number of hydrogen-bond acceptors (Lipinski definition) is 8. The Morgan fingerprint density at radius 2 is 1.53 bits per heavy atom. The number of esters is 1. The fraction of sp³-hybridized carbons (Fsp3) is 0.154. The van der Waals surface area contributed by atoms with Crippen molar-refractivity contribution in [1.82, 2.24) is 0 Å². The Kier molecular flexibility index (Phi) is 6.55. The van der Waals surface area contributed by atoms with E-state index in [1.165, 1.54) is 0 Å². The number of allylic oxidation sites excluding steroid dienone is 1. The van der Waals surface area contributed by atoms with Crippen LogP contribution in [0.2, 0.25) is 0 Å². The molecule has 0 saturated carbocycles. The molecule has 34 heavy (non-hydrogen) atoms. The number of carbonyl (C=O) groups is 1. The molecule has 1 aliphatic rings. The Morgan fingerprint density at radius 1 is 0.941 bits per heavy atom. The van der Waals surface area contributed by atoms with Crippen LogP contribution in [-0.2, 0) is 4.79 Å². The van der Waals surface area contributed by atoms with Crippen molar-refractivity contribution in [3.8, 4) is 34.8 Å². The van der Waals surface area contributed by atoms with Crippen molar-refractivity contribution in [2.24, 2.45) is 5.73 Å². The third kappa shape index (κ3) is 4.74. The number of benzene rings is 3. The third-order valence-electron chi connectivity index (χ3n) is 5.29. The van der Waals surface area contributed by atoms with E-state index in [0.717, 1.165) is 11.1 Å². The summed E-state index contributed by atoms with van der Waals surface area (Å²) in [6.45, 7) is -0.278. The van der Waals surface area contributed by atoms with Crippen LogP contribution < -0.4 is 29.4 Å². The molecule has 1 heterocycles. The average Bonchev–Trinajstić information content (AvgIpc) is 2.87. The molecule has 8 nitrogen and oxygen atoms in total. The fourth-order valence-corrected chi connectivity index (χ4v) is 3.61. The van der Waals surface area contributed by atoms with E-state index in [-0.39, 0.29) is 18.2 Å². The van der Waals surface area contributed by atoms with Crippen molar-refractivity contribution in [3.05, 3.63) is 89.3 Å². The second-order valence-corrected chi connectivity index (χ2v) is 7.34. The molecular weight excluding hydrogens is 436 g/mol. The smallest absolute Gasteiger partial charge is 0.349 e. The normalized spacial score (nSPS) is 14.3. The van der Waals surface area contributed by atoms with Crippen LogP contribution in [0.4, 0.5) is 0 Å². The molecule has 8 heteroatoms. The van der Waals surface area contributed by atoms with Crippen LogP contribution in [0.1, 0.15) is 17.0 Å².